The topological polar surface area (TPSA) is 51.8 Å². The number of hydrogen-bond donors (Lipinski definition) is 0. The Morgan fingerprint density at radius 1 is 0.500 bits per heavy atom. The van der Waals surface area contributed by atoms with Gasteiger partial charge >= 0.3 is 0 Å². The molecule has 1 atom stereocenters. The molecule has 236 valence electrons. The number of hydrogen-bond acceptors (Lipinski definition) is 5. The third-order valence-corrected chi connectivity index (χ3v) is 10.8. The first-order chi connectivity index (χ1) is 24.7. The van der Waals surface area contributed by atoms with Crippen LogP contribution >= 0.6 is 11.3 Å². The Hall–Kier alpha value is -6.17. The highest BCUT2D eigenvalue weighted by Gasteiger charge is 2.20. The van der Waals surface area contributed by atoms with E-state index in [4.69, 9.17) is 19.4 Å². The van der Waals surface area contributed by atoms with Gasteiger partial charge < -0.3 is 4.42 Å². The maximum absolute atomic E-state index is 6.17. The van der Waals surface area contributed by atoms with Gasteiger partial charge in [-0.05, 0) is 63.5 Å². The van der Waals surface area contributed by atoms with E-state index in [0.29, 0.717) is 11.6 Å². The number of fused-ring (bicyclic) bond motifs is 6. The van der Waals surface area contributed by atoms with Gasteiger partial charge in [-0.1, -0.05) is 133 Å². The minimum absolute atomic E-state index is 0.0504. The molecule has 0 radical (unpaired) electrons. The normalized spacial score (nSPS) is 14.0. The van der Waals surface area contributed by atoms with Gasteiger partial charge in [-0.2, -0.15) is 0 Å². The fourth-order valence-corrected chi connectivity index (χ4v) is 8.28. The number of rotatable bonds is 5. The SMILES string of the molecule is C1=c2sc3ccccc3c2=CCC1c1nc(-c2ccc(-c3ccccc3)cc2)nc(-c2ccc(-c3ccc4c(c3)oc3ccccc34)cc2)n1. The lowest BCUT2D eigenvalue weighted by Gasteiger charge is -2.15. The van der Waals surface area contributed by atoms with Crippen molar-refractivity contribution in [2.45, 2.75) is 12.3 Å². The lowest BCUT2D eigenvalue weighted by Crippen LogP contribution is -2.24. The molecule has 50 heavy (non-hydrogen) atoms. The molecule has 3 aromatic heterocycles. The molecule has 10 rings (SSSR count). The third-order valence-electron chi connectivity index (χ3n) is 9.68. The zero-order valence-corrected chi connectivity index (χ0v) is 27.8. The standard InChI is InChI=1S/C45H29N3OS/c1-2-8-28(9-3-1)29-14-18-31(19-15-29)43-46-44(48-45(47-43)34-23-25-38-37-11-5-7-13-41(37)50-42(38)27-34)32-20-16-30(17-21-32)33-22-24-36-35-10-4-6-12-39(35)49-40(36)26-33/h1-22,24-27,34H,23H2. The van der Waals surface area contributed by atoms with Gasteiger partial charge in [0.1, 0.15) is 17.0 Å². The predicted octanol–water partition coefficient (Wildman–Crippen LogP) is 10.4. The summed E-state index contributed by atoms with van der Waals surface area (Å²) in [6.07, 6.45) is 5.54. The second-order valence-electron chi connectivity index (χ2n) is 12.8. The number of furan rings is 1. The molecule has 0 aliphatic heterocycles. The molecular formula is C45H29N3OS. The van der Waals surface area contributed by atoms with Gasteiger partial charge in [0.2, 0.25) is 0 Å². The molecule has 1 unspecified atom stereocenters. The van der Waals surface area contributed by atoms with E-state index in [1.807, 2.05) is 35.6 Å². The summed E-state index contributed by atoms with van der Waals surface area (Å²) in [5.74, 6) is 2.19. The molecule has 3 heterocycles. The van der Waals surface area contributed by atoms with Gasteiger partial charge in [-0.25, -0.2) is 15.0 Å². The van der Waals surface area contributed by atoms with E-state index in [0.717, 1.165) is 62.0 Å². The molecule has 0 amide bonds. The Morgan fingerprint density at radius 3 is 1.84 bits per heavy atom. The second kappa shape index (κ2) is 11.8. The quantitative estimate of drug-likeness (QED) is 0.185. The molecule has 0 saturated carbocycles. The van der Waals surface area contributed by atoms with Gasteiger partial charge in [-0.15, -0.1) is 11.3 Å². The number of benzene rings is 6. The van der Waals surface area contributed by atoms with Crippen molar-refractivity contribution in [1.29, 1.82) is 0 Å². The zero-order valence-electron chi connectivity index (χ0n) is 27.0. The molecule has 0 fully saturated rings. The highest BCUT2D eigenvalue weighted by Crippen LogP contribution is 2.34. The fraction of sp³-hybridized carbons (Fsp3) is 0.0444. The lowest BCUT2D eigenvalue weighted by molar-refractivity contribution is 0.669. The van der Waals surface area contributed by atoms with Crippen molar-refractivity contribution in [3.8, 4) is 45.0 Å². The number of aromatic nitrogens is 3. The van der Waals surface area contributed by atoms with Crippen LogP contribution in [0.2, 0.25) is 0 Å². The molecule has 9 aromatic rings. The number of nitrogens with zero attached hydrogens (tertiary/aromatic N) is 3. The molecule has 1 aliphatic carbocycles. The summed E-state index contributed by atoms with van der Waals surface area (Å²) in [4.78, 5) is 15.3. The van der Waals surface area contributed by atoms with Crippen molar-refractivity contribution >= 4 is 55.5 Å². The molecule has 0 bridgehead atoms. The molecule has 0 N–H and O–H groups in total. The Kier molecular flexibility index (Phi) is 6.78. The van der Waals surface area contributed by atoms with Crippen LogP contribution in [0, 0.1) is 0 Å². The predicted molar refractivity (Wildman–Crippen MR) is 206 cm³/mol. The summed E-state index contributed by atoms with van der Waals surface area (Å²) in [5, 5.41) is 4.90. The van der Waals surface area contributed by atoms with Crippen LogP contribution in [0.3, 0.4) is 0 Å². The Bertz CT molecular complexity index is 2840. The Labute approximate surface area is 292 Å². The lowest BCUT2D eigenvalue weighted by atomic mass is 9.98. The molecule has 6 aromatic carbocycles. The number of thiophene rings is 1. The average molecular weight is 660 g/mol. The van der Waals surface area contributed by atoms with Crippen molar-refractivity contribution in [3.05, 3.63) is 161 Å². The van der Waals surface area contributed by atoms with Crippen LogP contribution in [-0.4, -0.2) is 15.0 Å². The summed E-state index contributed by atoms with van der Waals surface area (Å²) in [6.45, 7) is 0. The van der Waals surface area contributed by atoms with E-state index in [9.17, 15) is 0 Å². The van der Waals surface area contributed by atoms with Crippen LogP contribution in [0.4, 0.5) is 0 Å². The fourth-order valence-electron chi connectivity index (χ4n) is 7.07. The first kappa shape index (κ1) is 28.8. The molecule has 1 aliphatic rings. The minimum atomic E-state index is 0.0504. The molecular weight excluding hydrogens is 631 g/mol. The second-order valence-corrected chi connectivity index (χ2v) is 13.8. The van der Waals surface area contributed by atoms with E-state index in [2.05, 4.69) is 133 Å². The summed E-state index contributed by atoms with van der Waals surface area (Å²) in [5.41, 5.74) is 8.26. The number of para-hydroxylation sites is 1. The summed E-state index contributed by atoms with van der Waals surface area (Å²) in [6, 6.07) is 50.7. The van der Waals surface area contributed by atoms with Crippen molar-refractivity contribution in [3.63, 3.8) is 0 Å². The first-order valence-electron chi connectivity index (χ1n) is 16.9. The summed E-state index contributed by atoms with van der Waals surface area (Å²) in [7, 11) is 0. The average Bonchev–Trinajstić information content (AvgIpc) is 3.76. The maximum Gasteiger partial charge on any atom is 0.163 e. The highest BCUT2D eigenvalue weighted by molar-refractivity contribution is 7.17. The first-order valence-corrected chi connectivity index (χ1v) is 17.7. The van der Waals surface area contributed by atoms with E-state index in [1.165, 1.54) is 25.4 Å². The monoisotopic (exact) mass is 659 g/mol. The third kappa shape index (κ3) is 5.02. The Morgan fingerprint density at radius 2 is 1.08 bits per heavy atom. The molecule has 5 heteroatoms. The van der Waals surface area contributed by atoms with Gasteiger partial charge in [0.05, 0.1) is 0 Å². The largest absolute Gasteiger partial charge is 0.456 e. The van der Waals surface area contributed by atoms with Crippen LogP contribution in [0.15, 0.2) is 150 Å². The van der Waals surface area contributed by atoms with Crippen LogP contribution in [-0.2, 0) is 0 Å². The van der Waals surface area contributed by atoms with Crippen LogP contribution in [0.25, 0.3) is 89.2 Å². The molecule has 4 nitrogen and oxygen atoms in total. The van der Waals surface area contributed by atoms with Crippen LogP contribution < -0.4 is 9.75 Å². The van der Waals surface area contributed by atoms with E-state index in [1.54, 1.807) is 0 Å². The van der Waals surface area contributed by atoms with Crippen LogP contribution in [0.1, 0.15) is 18.2 Å². The maximum atomic E-state index is 6.17. The van der Waals surface area contributed by atoms with Gasteiger partial charge in [0, 0.05) is 37.0 Å². The van der Waals surface area contributed by atoms with Gasteiger partial charge in [-0.3, -0.25) is 0 Å². The molecule has 0 saturated heterocycles. The minimum Gasteiger partial charge on any atom is -0.456 e. The van der Waals surface area contributed by atoms with Gasteiger partial charge in [0.25, 0.3) is 0 Å². The molecule has 0 spiro atoms. The highest BCUT2D eigenvalue weighted by atomic mass is 32.1. The van der Waals surface area contributed by atoms with E-state index in [-0.39, 0.29) is 5.92 Å². The van der Waals surface area contributed by atoms with Crippen LogP contribution in [0.5, 0.6) is 0 Å². The zero-order chi connectivity index (χ0) is 33.0. The van der Waals surface area contributed by atoms with Gasteiger partial charge in [0.15, 0.2) is 11.6 Å². The van der Waals surface area contributed by atoms with E-state index < -0.39 is 0 Å². The van der Waals surface area contributed by atoms with Crippen molar-refractivity contribution < 1.29 is 4.42 Å². The smallest absolute Gasteiger partial charge is 0.163 e. The van der Waals surface area contributed by atoms with Crippen molar-refractivity contribution in [2.24, 2.45) is 0 Å². The van der Waals surface area contributed by atoms with E-state index >= 15 is 0 Å². The Balaban J connectivity index is 1.05. The van der Waals surface area contributed by atoms with Crippen molar-refractivity contribution in [2.75, 3.05) is 0 Å². The van der Waals surface area contributed by atoms with Crippen molar-refractivity contribution in [1.82, 2.24) is 15.0 Å². The summed E-state index contributed by atoms with van der Waals surface area (Å²) < 4.78 is 8.76. The summed E-state index contributed by atoms with van der Waals surface area (Å²) >= 11 is 1.84.